The van der Waals surface area contributed by atoms with E-state index >= 15 is 0 Å². The summed E-state index contributed by atoms with van der Waals surface area (Å²) in [6, 6.07) is 13.3. The van der Waals surface area contributed by atoms with Gasteiger partial charge in [0.05, 0.1) is 5.75 Å². The summed E-state index contributed by atoms with van der Waals surface area (Å²) in [5.74, 6) is 1.19. The van der Waals surface area contributed by atoms with Gasteiger partial charge >= 0.3 is 0 Å². The summed E-state index contributed by atoms with van der Waals surface area (Å²) in [5.41, 5.74) is 4.48. The first-order chi connectivity index (χ1) is 14.7. The Bertz CT molecular complexity index is 881. The molecule has 0 aliphatic carbocycles. The van der Waals surface area contributed by atoms with Crippen LogP contribution in [0.4, 0.5) is 0 Å². The lowest BCUT2D eigenvalue weighted by Gasteiger charge is -2.29. The highest BCUT2D eigenvalue weighted by molar-refractivity contribution is 7.99. The first-order valence-corrected chi connectivity index (χ1v) is 12.2. The Labute approximate surface area is 195 Å². The third-order valence-corrected chi connectivity index (χ3v) is 6.28. The van der Waals surface area contributed by atoms with Gasteiger partial charge in [-0.2, -0.15) is 0 Å². The van der Waals surface area contributed by atoms with Gasteiger partial charge in [0, 0.05) is 23.9 Å². The molecule has 0 aliphatic rings. The molecule has 0 saturated heterocycles. The van der Waals surface area contributed by atoms with Crippen molar-refractivity contribution < 1.29 is 9.59 Å². The van der Waals surface area contributed by atoms with Crippen molar-refractivity contribution in [2.45, 2.75) is 53.0 Å². The summed E-state index contributed by atoms with van der Waals surface area (Å²) in [6.07, 6.45) is 0. The van der Waals surface area contributed by atoms with Crippen LogP contribution in [0.5, 0.6) is 0 Å². The number of carbonyl (C=O) groups is 2. The molecule has 2 amide bonds. The van der Waals surface area contributed by atoms with Crippen LogP contribution in [-0.2, 0) is 21.9 Å². The number of halogens is 1. The molecule has 6 heteroatoms. The third kappa shape index (κ3) is 8.23. The number of nitrogens with zero attached hydrogens (tertiary/aromatic N) is 1. The molecule has 2 aromatic rings. The molecule has 0 heterocycles. The van der Waals surface area contributed by atoms with E-state index in [0.717, 1.165) is 11.3 Å². The van der Waals surface area contributed by atoms with E-state index in [1.165, 1.54) is 16.7 Å². The van der Waals surface area contributed by atoms with Crippen LogP contribution in [0.15, 0.2) is 42.5 Å². The maximum absolute atomic E-state index is 13.1. The van der Waals surface area contributed by atoms with Gasteiger partial charge in [-0.3, -0.25) is 9.59 Å². The lowest BCUT2D eigenvalue weighted by atomic mass is 10.1. The minimum absolute atomic E-state index is 0.0681. The molecule has 0 aromatic heterocycles. The Kier molecular flexibility index (Phi) is 9.92. The summed E-state index contributed by atoms with van der Waals surface area (Å²) >= 11 is 7.90. The van der Waals surface area contributed by atoms with E-state index in [0.29, 0.717) is 29.8 Å². The van der Waals surface area contributed by atoms with Gasteiger partial charge in [0.1, 0.15) is 6.04 Å². The molecule has 0 radical (unpaired) electrons. The van der Waals surface area contributed by atoms with Gasteiger partial charge < -0.3 is 10.2 Å². The summed E-state index contributed by atoms with van der Waals surface area (Å²) in [5, 5.41) is 3.53. The average Bonchev–Trinajstić information content (AvgIpc) is 2.70. The highest BCUT2D eigenvalue weighted by atomic mass is 35.5. The first-order valence-electron chi connectivity index (χ1n) is 10.6. The van der Waals surface area contributed by atoms with Crippen molar-refractivity contribution in [1.82, 2.24) is 10.2 Å². The van der Waals surface area contributed by atoms with Crippen molar-refractivity contribution in [3.05, 3.63) is 69.7 Å². The maximum atomic E-state index is 13.1. The summed E-state index contributed by atoms with van der Waals surface area (Å²) in [4.78, 5) is 27.5. The van der Waals surface area contributed by atoms with E-state index in [1.807, 2.05) is 32.0 Å². The zero-order valence-corrected chi connectivity index (χ0v) is 20.6. The first kappa shape index (κ1) is 25.3. The second kappa shape index (κ2) is 12.2. The number of thioether (sulfide) groups is 1. The van der Waals surface area contributed by atoms with Gasteiger partial charge in [-0.05, 0) is 43.9 Å². The van der Waals surface area contributed by atoms with Crippen LogP contribution in [0.2, 0.25) is 5.02 Å². The van der Waals surface area contributed by atoms with E-state index < -0.39 is 6.04 Å². The van der Waals surface area contributed by atoms with Gasteiger partial charge in [0.25, 0.3) is 0 Å². The van der Waals surface area contributed by atoms with Gasteiger partial charge in [-0.25, -0.2) is 0 Å². The van der Waals surface area contributed by atoms with Gasteiger partial charge in [0.15, 0.2) is 0 Å². The van der Waals surface area contributed by atoms with E-state index in [1.54, 1.807) is 29.7 Å². The molecule has 1 atom stereocenters. The predicted molar refractivity (Wildman–Crippen MR) is 131 cm³/mol. The van der Waals surface area contributed by atoms with Crippen molar-refractivity contribution in [2.24, 2.45) is 5.92 Å². The number of carbonyl (C=O) groups excluding carboxylic acids is 2. The normalized spacial score (nSPS) is 12.0. The largest absolute Gasteiger partial charge is 0.354 e. The molecule has 0 bridgehead atoms. The Morgan fingerprint density at radius 1 is 1.06 bits per heavy atom. The highest BCUT2D eigenvalue weighted by Gasteiger charge is 2.26. The Morgan fingerprint density at radius 2 is 1.71 bits per heavy atom. The lowest BCUT2D eigenvalue weighted by molar-refractivity contribution is -0.138. The average molecular weight is 461 g/mol. The number of nitrogens with one attached hydrogen (secondary N) is 1. The van der Waals surface area contributed by atoms with Gasteiger partial charge in [0.2, 0.25) is 11.8 Å². The standard InChI is InChI=1S/C25H33ClN2O2S/c1-17(2)13-27-25(30)20(5)28(14-22-8-6-7-9-23(22)26)24(29)16-31-15-21-11-18(3)10-19(4)12-21/h6-12,17,20H,13-16H2,1-5H3,(H,27,30)/t20-/m0/s1. The topological polar surface area (TPSA) is 49.4 Å². The molecule has 0 fully saturated rings. The number of hydrogen-bond acceptors (Lipinski definition) is 3. The number of benzene rings is 2. The Hall–Kier alpha value is -1.98. The van der Waals surface area contributed by atoms with Gasteiger partial charge in [-0.15, -0.1) is 11.8 Å². The third-order valence-electron chi connectivity index (χ3n) is 4.93. The molecule has 0 unspecified atom stereocenters. The highest BCUT2D eigenvalue weighted by Crippen LogP contribution is 2.21. The second-order valence-electron chi connectivity index (χ2n) is 8.42. The van der Waals surface area contributed by atoms with Crippen molar-refractivity contribution in [2.75, 3.05) is 12.3 Å². The molecule has 0 saturated carbocycles. The lowest BCUT2D eigenvalue weighted by Crippen LogP contribution is -2.48. The zero-order chi connectivity index (χ0) is 23.0. The van der Waals surface area contributed by atoms with Crippen LogP contribution in [0, 0.1) is 19.8 Å². The SMILES string of the molecule is Cc1cc(C)cc(CSCC(=O)N(Cc2ccccc2Cl)[C@@H](C)C(=O)NCC(C)C)c1. The van der Waals surface area contributed by atoms with Crippen LogP contribution in [-0.4, -0.2) is 35.1 Å². The van der Waals surface area contributed by atoms with Crippen LogP contribution in [0.3, 0.4) is 0 Å². The predicted octanol–water partition coefficient (Wildman–Crippen LogP) is 5.38. The molecule has 1 N–H and O–H groups in total. The Morgan fingerprint density at radius 3 is 2.32 bits per heavy atom. The summed E-state index contributed by atoms with van der Waals surface area (Å²) < 4.78 is 0. The summed E-state index contributed by atoms with van der Waals surface area (Å²) in [6.45, 7) is 10.9. The maximum Gasteiger partial charge on any atom is 0.242 e. The fourth-order valence-electron chi connectivity index (χ4n) is 3.34. The van der Waals surface area contributed by atoms with Crippen molar-refractivity contribution in [3.8, 4) is 0 Å². The van der Waals surface area contributed by atoms with Crippen molar-refractivity contribution in [3.63, 3.8) is 0 Å². The smallest absolute Gasteiger partial charge is 0.242 e. The fraction of sp³-hybridized carbons (Fsp3) is 0.440. The van der Waals surface area contributed by atoms with Crippen LogP contribution >= 0.6 is 23.4 Å². The summed E-state index contributed by atoms with van der Waals surface area (Å²) in [7, 11) is 0. The molecule has 0 aliphatic heterocycles. The molecule has 2 rings (SSSR count). The van der Waals surface area contributed by atoms with E-state index in [-0.39, 0.29) is 11.8 Å². The van der Waals surface area contributed by atoms with E-state index in [4.69, 9.17) is 11.6 Å². The van der Waals surface area contributed by atoms with Crippen molar-refractivity contribution >= 4 is 35.2 Å². The van der Waals surface area contributed by atoms with E-state index in [2.05, 4.69) is 37.4 Å². The minimum Gasteiger partial charge on any atom is -0.354 e. The zero-order valence-electron chi connectivity index (χ0n) is 19.1. The molecule has 168 valence electrons. The van der Waals surface area contributed by atoms with Crippen molar-refractivity contribution in [1.29, 1.82) is 0 Å². The molecule has 0 spiro atoms. The second-order valence-corrected chi connectivity index (χ2v) is 9.81. The molecular weight excluding hydrogens is 428 g/mol. The quantitative estimate of drug-likeness (QED) is 0.517. The van der Waals surface area contributed by atoms with Crippen LogP contribution < -0.4 is 5.32 Å². The van der Waals surface area contributed by atoms with Gasteiger partial charge in [-0.1, -0.05) is 73.0 Å². The Balaban J connectivity index is 2.09. The van der Waals surface area contributed by atoms with E-state index in [9.17, 15) is 9.59 Å². The molecular formula is C25H33ClN2O2S. The molecule has 2 aromatic carbocycles. The number of amides is 2. The monoisotopic (exact) mass is 460 g/mol. The van der Waals surface area contributed by atoms with Crippen LogP contribution in [0.1, 0.15) is 43.0 Å². The minimum atomic E-state index is -0.579. The number of rotatable bonds is 10. The van der Waals surface area contributed by atoms with Crippen LogP contribution in [0.25, 0.3) is 0 Å². The number of hydrogen-bond donors (Lipinski definition) is 1. The fourth-order valence-corrected chi connectivity index (χ4v) is 4.38. The molecule has 31 heavy (non-hydrogen) atoms. The molecule has 4 nitrogen and oxygen atoms in total. The number of aryl methyl sites for hydroxylation is 2.